The second kappa shape index (κ2) is 50.9. The van der Waals surface area contributed by atoms with Crippen molar-refractivity contribution in [3.05, 3.63) is 36.5 Å². The average molecular weight is 961 g/mol. The maximum atomic E-state index is 12.9. The number of carbonyl (C=O) groups excluding carboxylic acids is 3. The first-order chi connectivity index (χ1) is 33.1. The van der Waals surface area contributed by atoms with Crippen LogP contribution in [0.4, 0.5) is 0 Å². The first kappa shape index (κ1) is 65.5. The molecule has 0 aromatic carbocycles. The highest BCUT2D eigenvalue weighted by atomic mass is 16.7. The number of carbonyl (C=O) groups is 3. The van der Waals surface area contributed by atoms with Gasteiger partial charge in [0.2, 0.25) is 0 Å². The summed E-state index contributed by atoms with van der Waals surface area (Å²) in [6.07, 6.45) is 57.5. The van der Waals surface area contributed by atoms with Gasteiger partial charge in [0, 0.05) is 12.8 Å². The van der Waals surface area contributed by atoms with Crippen molar-refractivity contribution >= 4 is 17.9 Å². The molecule has 0 fully saturated rings. The van der Waals surface area contributed by atoms with Crippen LogP contribution in [0.3, 0.4) is 0 Å². The number of quaternary nitrogens is 1. The van der Waals surface area contributed by atoms with Gasteiger partial charge in [-0.1, -0.05) is 237 Å². The van der Waals surface area contributed by atoms with Crippen molar-refractivity contribution in [1.82, 2.24) is 0 Å². The molecule has 0 aliphatic rings. The molecule has 0 aliphatic heterocycles. The Morgan fingerprint density at radius 3 is 1.18 bits per heavy atom. The van der Waals surface area contributed by atoms with Crippen LogP contribution in [0, 0.1) is 0 Å². The Balaban J connectivity index is 4.27. The number of esters is 2. The van der Waals surface area contributed by atoms with E-state index in [0.29, 0.717) is 23.9 Å². The van der Waals surface area contributed by atoms with Crippen molar-refractivity contribution in [3.63, 3.8) is 0 Å². The number of ether oxygens (including phenoxy) is 4. The first-order valence-electron chi connectivity index (χ1n) is 28.6. The van der Waals surface area contributed by atoms with E-state index in [1.807, 2.05) is 21.1 Å². The number of unbranched alkanes of at least 4 members (excludes halogenated alkanes) is 32. The lowest BCUT2D eigenvalue weighted by molar-refractivity contribution is -0.870. The SMILES string of the molecule is CCCCCCC/C=C\C/C=C\C/C=C\CCCCCCCCCCC(=O)OC(COC(=O)CCCCCCCCCCCCCCCCCCCCCC)COC(OCC[N+](C)(C)C)C(=O)[O-]. The molecular formula is C59H109NO8. The molecule has 2 atom stereocenters. The molecular weight excluding hydrogens is 851 g/mol. The number of rotatable bonds is 53. The standard InChI is InChI=1S/C59H109NO8/c1-6-8-10-12-14-16-18-20-22-24-26-28-29-30-32-34-36-38-40-42-44-46-48-50-57(62)68-55(54-67-59(58(63)64)65-52-51-60(3,4)5)53-66-56(61)49-47-45-43-41-39-37-35-33-31-27-25-23-21-19-17-15-13-11-9-7-2/h18,20,24,26,29-30,55,59H,6-17,19,21-23,25,27-28,31-54H2,1-5H3/b20-18-,26-24-,30-29-. The number of hydrogen-bond acceptors (Lipinski definition) is 8. The molecule has 0 bridgehead atoms. The zero-order valence-electron chi connectivity index (χ0n) is 45.2. The van der Waals surface area contributed by atoms with Gasteiger partial charge in [0.15, 0.2) is 12.4 Å². The molecule has 9 nitrogen and oxygen atoms in total. The zero-order valence-corrected chi connectivity index (χ0v) is 45.2. The fraction of sp³-hybridized carbons (Fsp3) is 0.847. The third-order valence-electron chi connectivity index (χ3n) is 12.6. The van der Waals surface area contributed by atoms with Crippen LogP contribution in [-0.4, -0.2) is 82.3 Å². The zero-order chi connectivity index (χ0) is 49.9. The summed E-state index contributed by atoms with van der Waals surface area (Å²) in [7, 11) is 5.92. The van der Waals surface area contributed by atoms with Gasteiger partial charge >= 0.3 is 11.9 Å². The van der Waals surface area contributed by atoms with Crippen molar-refractivity contribution in [2.24, 2.45) is 0 Å². The number of carboxylic acids is 1. The molecule has 9 heteroatoms. The maximum absolute atomic E-state index is 12.9. The number of hydrogen-bond donors (Lipinski definition) is 0. The molecule has 0 N–H and O–H groups in total. The van der Waals surface area contributed by atoms with Crippen LogP contribution in [0.15, 0.2) is 36.5 Å². The summed E-state index contributed by atoms with van der Waals surface area (Å²) in [5.41, 5.74) is 0. The van der Waals surface area contributed by atoms with Gasteiger partial charge in [0.25, 0.3) is 0 Å². The van der Waals surface area contributed by atoms with Crippen molar-refractivity contribution < 1.29 is 42.9 Å². The van der Waals surface area contributed by atoms with Gasteiger partial charge in [-0.05, 0) is 51.4 Å². The Morgan fingerprint density at radius 2 is 0.794 bits per heavy atom. The van der Waals surface area contributed by atoms with E-state index in [9.17, 15) is 19.5 Å². The summed E-state index contributed by atoms with van der Waals surface area (Å²) in [5.74, 6) is -2.28. The summed E-state index contributed by atoms with van der Waals surface area (Å²) in [6, 6.07) is 0. The molecule has 0 radical (unpaired) electrons. The highest BCUT2D eigenvalue weighted by molar-refractivity contribution is 5.70. The molecule has 0 amide bonds. The summed E-state index contributed by atoms with van der Waals surface area (Å²) in [5, 5.41) is 11.8. The quantitative estimate of drug-likeness (QED) is 0.0195. The van der Waals surface area contributed by atoms with E-state index >= 15 is 0 Å². The van der Waals surface area contributed by atoms with E-state index in [-0.39, 0.29) is 32.2 Å². The van der Waals surface area contributed by atoms with Crippen LogP contribution in [0.2, 0.25) is 0 Å². The normalized spacial score (nSPS) is 13.0. The number of likely N-dealkylation sites (N-methyl/N-ethyl adjacent to an activating group) is 1. The second-order valence-corrected chi connectivity index (χ2v) is 20.6. The molecule has 0 spiro atoms. The number of carboxylic acid groups (broad SMARTS) is 1. The molecule has 68 heavy (non-hydrogen) atoms. The molecule has 0 rings (SSSR count). The van der Waals surface area contributed by atoms with Gasteiger partial charge < -0.3 is 33.3 Å². The van der Waals surface area contributed by atoms with Crippen LogP contribution < -0.4 is 5.11 Å². The summed E-state index contributed by atoms with van der Waals surface area (Å²) in [6.45, 7) is 4.76. The predicted molar refractivity (Wildman–Crippen MR) is 283 cm³/mol. The largest absolute Gasteiger partial charge is 0.545 e. The van der Waals surface area contributed by atoms with Crippen LogP contribution >= 0.6 is 0 Å². The Bertz CT molecular complexity index is 1210. The molecule has 0 saturated heterocycles. The molecule has 0 saturated carbocycles. The van der Waals surface area contributed by atoms with Gasteiger partial charge in [-0.15, -0.1) is 0 Å². The second-order valence-electron chi connectivity index (χ2n) is 20.6. The molecule has 0 aromatic heterocycles. The Labute approximate surface area is 420 Å². The molecule has 2 unspecified atom stereocenters. The fourth-order valence-electron chi connectivity index (χ4n) is 8.19. The predicted octanol–water partition coefficient (Wildman–Crippen LogP) is 15.2. The smallest absolute Gasteiger partial charge is 0.306 e. The van der Waals surface area contributed by atoms with E-state index < -0.39 is 24.3 Å². The molecule has 0 aliphatic carbocycles. The number of allylic oxidation sites excluding steroid dienone is 6. The lowest BCUT2D eigenvalue weighted by atomic mass is 10.0. The van der Waals surface area contributed by atoms with Crippen molar-refractivity contribution in [2.45, 2.75) is 277 Å². The number of nitrogens with zero attached hydrogens (tertiary/aromatic N) is 1. The fourth-order valence-corrected chi connectivity index (χ4v) is 8.19. The summed E-state index contributed by atoms with van der Waals surface area (Å²) in [4.78, 5) is 37.3. The van der Waals surface area contributed by atoms with Crippen LogP contribution in [0.25, 0.3) is 0 Å². The Kier molecular flexibility index (Phi) is 49.0. The van der Waals surface area contributed by atoms with E-state index in [1.54, 1.807) is 0 Å². The van der Waals surface area contributed by atoms with Crippen LogP contribution in [-0.2, 0) is 33.3 Å². The minimum absolute atomic E-state index is 0.147. The van der Waals surface area contributed by atoms with E-state index in [4.69, 9.17) is 18.9 Å². The highest BCUT2D eigenvalue weighted by Gasteiger charge is 2.22. The van der Waals surface area contributed by atoms with E-state index in [0.717, 1.165) is 57.8 Å². The van der Waals surface area contributed by atoms with Gasteiger partial charge in [0.05, 0.1) is 40.3 Å². The maximum Gasteiger partial charge on any atom is 0.306 e. The molecule has 0 heterocycles. The lowest BCUT2D eigenvalue weighted by Gasteiger charge is -2.26. The Morgan fingerprint density at radius 1 is 0.441 bits per heavy atom. The van der Waals surface area contributed by atoms with Gasteiger partial charge in [-0.2, -0.15) is 0 Å². The van der Waals surface area contributed by atoms with Crippen molar-refractivity contribution in [3.8, 4) is 0 Å². The monoisotopic (exact) mass is 960 g/mol. The highest BCUT2D eigenvalue weighted by Crippen LogP contribution is 2.17. The number of aliphatic carboxylic acids is 1. The molecule has 0 aromatic rings. The van der Waals surface area contributed by atoms with Crippen LogP contribution in [0.5, 0.6) is 0 Å². The third-order valence-corrected chi connectivity index (χ3v) is 12.6. The third kappa shape index (κ3) is 51.4. The van der Waals surface area contributed by atoms with Gasteiger partial charge in [0.1, 0.15) is 13.2 Å². The van der Waals surface area contributed by atoms with Gasteiger partial charge in [-0.25, -0.2) is 0 Å². The van der Waals surface area contributed by atoms with Crippen LogP contribution in [0.1, 0.15) is 264 Å². The lowest BCUT2D eigenvalue weighted by Crippen LogP contribution is -2.44. The van der Waals surface area contributed by atoms with E-state index in [2.05, 4.69) is 50.3 Å². The Hall–Kier alpha value is -2.49. The topological polar surface area (TPSA) is 111 Å². The van der Waals surface area contributed by atoms with Crippen molar-refractivity contribution in [1.29, 1.82) is 0 Å². The van der Waals surface area contributed by atoms with E-state index in [1.165, 1.54) is 173 Å². The first-order valence-corrected chi connectivity index (χ1v) is 28.6. The minimum Gasteiger partial charge on any atom is -0.545 e. The summed E-state index contributed by atoms with van der Waals surface area (Å²) < 4.78 is 22.7. The van der Waals surface area contributed by atoms with Gasteiger partial charge in [-0.3, -0.25) is 9.59 Å². The average Bonchev–Trinajstić information content (AvgIpc) is 3.30. The molecule has 398 valence electrons. The van der Waals surface area contributed by atoms with Crippen molar-refractivity contribution in [2.75, 3.05) is 47.5 Å². The summed E-state index contributed by atoms with van der Waals surface area (Å²) >= 11 is 0. The minimum atomic E-state index is -1.62.